The zero-order valence-corrected chi connectivity index (χ0v) is 12.1. The molecule has 2 aromatic rings. The number of anilines is 1. The molecular formula is C16H14ClNO3. The van der Waals surface area contributed by atoms with Crippen LogP contribution in [0.1, 0.15) is 17.3 Å². The van der Waals surface area contributed by atoms with Crippen molar-refractivity contribution in [3.63, 3.8) is 0 Å². The Bertz CT molecular complexity index is 643. The van der Waals surface area contributed by atoms with Gasteiger partial charge in [-0.15, -0.1) is 0 Å². The van der Waals surface area contributed by atoms with E-state index in [1.54, 1.807) is 31.2 Å². The van der Waals surface area contributed by atoms with E-state index in [2.05, 4.69) is 5.32 Å². The molecule has 4 nitrogen and oxygen atoms in total. The molecule has 0 aliphatic carbocycles. The second kappa shape index (κ2) is 6.90. The minimum Gasteiger partial charge on any atom is -0.479 e. The van der Waals surface area contributed by atoms with E-state index in [1.807, 2.05) is 18.2 Å². The molecule has 0 aliphatic rings. The fourth-order valence-electron chi connectivity index (χ4n) is 1.70. The van der Waals surface area contributed by atoms with Crippen molar-refractivity contribution in [3.8, 4) is 5.75 Å². The third kappa shape index (κ3) is 4.07. The lowest BCUT2D eigenvalue weighted by Crippen LogP contribution is -2.30. The van der Waals surface area contributed by atoms with Crippen molar-refractivity contribution in [2.75, 3.05) is 5.32 Å². The van der Waals surface area contributed by atoms with E-state index >= 15 is 0 Å². The Morgan fingerprint density at radius 1 is 1.24 bits per heavy atom. The summed E-state index contributed by atoms with van der Waals surface area (Å²) in [5.74, 6) is 0.0784. The smallest absolute Gasteiger partial charge is 0.265 e. The summed E-state index contributed by atoms with van der Waals surface area (Å²) < 4.78 is 5.52. The topological polar surface area (TPSA) is 55.4 Å². The van der Waals surface area contributed by atoms with Crippen LogP contribution in [0.4, 0.5) is 5.69 Å². The zero-order chi connectivity index (χ0) is 15.2. The number of hydrogen-bond acceptors (Lipinski definition) is 3. The summed E-state index contributed by atoms with van der Waals surface area (Å²) >= 11 is 6.00. The number of carbonyl (C=O) groups is 2. The third-order valence-electron chi connectivity index (χ3n) is 2.81. The summed E-state index contributed by atoms with van der Waals surface area (Å²) in [6.07, 6.45) is -0.0222. The second-order valence-corrected chi connectivity index (χ2v) is 4.83. The van der Waals surface area contributed by atoms with Gasteiger partial charge in [0.25, 0.3) is 5.91 Å². The van der Waals surface area contributed by atoms with Crippen LogP contribution in [0.2, 0.25) is 5.02 Å². The Balaban J connectivity index is 2.02. The second-order valence-electron chi connectivity index (χ2n) is 4.42. The first-order chi connectivity index (χ1) is 10.1. The summed E-state index contributed by atoms with van der Waals surface area (Å²) in [4.78, 5) is 22.7. The van der Waals surface area contributed by atoms with Gasteiger partial charge in [0.1, 0.15) is 12.0 Å². The highest BCUT2D eigenvalue weighted by Gasteiger charge is 2.16. The standard InChI is InChI=1S/C16H14ClNO3/c1-11(16(20)18-13-5-3-2-4-6-13)21-15-8-7-12(10-19)9-14(15)17/h2-11H,1H3,(H,18,20). The molecule has 2 aromatic carbocycles. The summed E-state index contributed by atoms with van der Waals surface area (Å²) in [5, 5.41) is 3.03. The SMILES string of the molecule is CC(Oc1ccc(C=O)cc1Cl)C(=O)Nc1ccccc1. The number of hydrogen-bond donors (Lipinski definition) is 1. The first-order valence-corrected chi connectivity index (χ1v) is 6.75. The number of rotatable bonds is 5. The Morgan fingerprint density at radius 2 is 1.95 bits per heavy atom. The highest BCUT2D eigenvalue weighted by molar-refractivity contribution is 6.32. The van der Waals surface area contributed by atoms with Gasteiger partial charge in [0, 0.05) is 11.3 Å². The molecule has 0 spiro atoms. The molecule has 1 amide bonds. The van der Waals surface area contributed by atoms with Gasteiger partial charge >= 0.3 is 0 Å². The Labute approximate surface area is 127 Å². The average Bonchev–Trinajstić information content (AvgIpc) is 2.50. The van der Waals surface area contributed by atoms with E-state index in [1.165, 1.54) is 6.07 Å². The quantitative estimate of drug-likeness (QED) is 0.859. The monoisotopic (exact) mass is 303 g/mol. The van der Waals surface area contributed by atoms with E-state index in [4.69, 9.17) is 16.3 Å². The minimum atomic E-state index is -0.718. The average molecular weight is 304 g/mol. The number of halogens is 1. The van der Waals surface area contributed by atoms with Gasteiger partial charge < -0.3 is 10.1 Å². The lowest BCUT2D eigenvalue weighted by atomic mass is 10.2. The number of carbonyl (C=O) groups excluding carboxylic acids is 2. The van der Waals surface area contributed by atoms with Crippen LogP contribution in [0.3, 0.4) is 0 Å². The van der Waals surface area contributed by atoms with Gasteiger partial charge in [-0.3, -0.25) is 9.59 Å². The van der Waals surface area contributed by atoms with Crippen LogP contribution in [-0.4, -0.2) is 18.3 Å². The van der Waals surface area contributed by atoms with Crippen molar-refractivity contribution >= 4 is 29.5 Å². The first-order valence-electron chi connectivity index (χ1n) is 6.37. The van der Waals surface area contributed by atoms with Gasteiger partial charge in [0.05, 0.1) is 5.02 Å². The normalized spacial score (nSPS) is 11.5. The van der Waals surface area contributed by atoms with Crippen LogP contribution in [0.25, 0.3) is 0 Å². The fraction of sp³-hybridized carbons (Fsp3) is 0.125. The molecule has 21 heavy (non-hydrogen) atoms. The highest BCUT2D eigenvalue weighted by Crippen LogP contribution is 2.26. The molecule has 108 valence electrons. The highest BCUT2D eigenvalue weighted by atomic mass is 35.5. The summed E-state index contributed by atoms with van der Waals surface area (Å²) in [7, 11) is 0. The van der Waals surface area contributed by atoms with E-state index in [0.717, 1.165) is 0 Å². The molecule has 1 atom stereocenters. The maximum absolute atomic E-state index is 12.0. The molecule has 2 rings (SSSR count). The molecule has 0 bridgehead atoms. The summed E-state index contributed by atoms with van der Waals surface area (Å²) in [6.45, 7) is 1.63. The lowest BCUT2D eigenvalue weighted by Gasteiger charge is -2.15. The third-order valence-corrected chi connectivity index (χ3v) is 3.10. The van der Waals surface area contributed by atoms with Gasteiger partial charge in [-0.1, -0.05) is 29.8 Å². The zero-order valence-electron chi connectivity index (χ0n) is 11.4. The molecule has 1 N–H and O–H groups in total. The molecular weight excluding hydrogens is 290 g/mol. The van der Waals surface area contributed by atoms with Crippen molar-refractivity contribution in [2.45, 2.75) is 13.0 Å². The Morgan fingerprint density at radius 3 is 2.57 bits per heavy atom. The van der Waals surface area contributed by atoms with Gasteiger partial charge in [0.2, 0.25) is 0 Å². The largest absolute Gasteiger partial charge is 0.479 e. The minimum absolute atomic E-state index is 0.281. The molecule has 0 saturated carbocycles. The van der Waals surface area contributed by atoms with E-state index < -0.39 is 6.10 Å². The van der Waals surface area contributed by atoms with Crippen LogP contribution in [-0.2, 0) is 4.79 Å². The number of nitrogens with one attached hydrogen (secondary N) is 1. The molecule has 0 aromatic heterocycles. The Kier molecular flexibility index (Phi) is 4.95. The molecule has 0 aliphatic heterocycles. The van der Waals surface area contributed by atoms with Crippen molar-refractivity contribution in [1.82, 2.24) is 0 Å². The number of aldehydes is 1. The number of amides is 1. The molecule has 5 heteroatoms. The molecule has 0 radical (unpaired) electrons. The maximum Gasteiger partial charge on any atom is 0.265 e. The predicted molar refractivity (Wildman–Crippen MR) is 82.0 cm³/mol. The fourth-order valence-corrected chi connectivity index (χ4v) is 1.93. The van der Waals surface area contributed by atoms with Crippen molar-refractivity contribution < 1.29 is 14.3 Å². The van der Waals surface area contributed by atoms with Crippen LogP contribution in [0, 0.1) is 0 Å². The number of para-hydroxylation sites is 1. The van der Waals surface area contributed by atoms with Crippen LogP contribution in [0.5, 0.6) is 5.75 Å². The van der Waals surface area contributed by atoms with Gasteiger partial charge in [-0.2, -0.15) is 0 Å². The predicted octanol–water partition coefficient (Wildman–Crippen LogP) is 3.56. The van der Waals surface area contributed by atoms with Crippen LogP contribution >= 0.6 is 11.6 Å². The van der Waals surface area contributed by atoms with Gasteiger partial charge in [0.15, 0.2) is 6.10 Å². The van der Waals surface area contributed by atoms with Crippen LogP contribution < -0.4 is 10.1 Å². The summed E-state index contributed by atoms with van der Waals surface area (Å²) in [6, 6.07) is 13.7. The van der Waals surface area contributed by atoms with E-state index in [9.17, 15) is 9.59 Å². The van der Waals surface area contributed by atoms with E-state index in [0.29, 0.717) is 28.3 Å². The molecule has 0 saturated heterocycles. The number of ether oxygens (including phenoxy) is 1. The van der Waals surface area contributed by atoms with Crippen molar-refractivity contribution in [1.29, 1.82) is 0 Å². The van der Waals surface area contributed by atoms with Gasteiger partial charge in [-0.05, 0) is 37.3 Å². The molecule has 0 fully saturated rings. The van der Waals surface area contributed by atoms with Crippen molar-refractivity contribution in [3.05, 3.63) is 59.1 Å². The molecule has 0 heterocycles. The summed E-state index contributed by atoms with van der Waals surface area (Å²) in [5.41, 5.74) is 1.15. The lowest BCUT2D eigenvalue weighted by molar-refractivity contribution is -0.122. The van der Waals surface area contributed by atoms with Crippen molar-refractivity contribution in [2.24, 2.45) is 0 Å². The maximum atomic E-state index is 12.0. The molecule has 1 unspecified atom stereocenters. The number of benzene rings is 2. The first kappa shape index (κ1) is 15.1. The Hall–Kier alpha value is -2.33. The van der Waals surface area contributed by atoms with E-state index in [-0.39, 0.29) is 5.91 Å². The van der Waals surface area contributed by atoms with Gasteiger partial charge in [-0.25, -0.2) is 0 Å². The van der Waals surface area contributed by atoms with Crippen LogP contribution in [0.15, 0.2) is 48.5 Å².